The molecule has 0 aliphatic carbocycles. The van der Waals surface area contributed by atoms with Crippen molar-refractivity contribution >= 4 is 11.8 Å². The zero-order valence-corrected chi connectivity index (χ0v) is 13.1. The Bertz CT molecular complexity index is 490. The SMILES string of the molecule is CC[C@H](CCNC(=O)COc1ccccc1)N1CCCC1=O. The van der Waals surface area contributed by atoms with Crippen molar-refractivity contribution in [3.63, 3.8) is 0 Å². The molecule has 1 atom stereocenters. The molecule has 0 aromatic heterocycles. The third kappa shape index (κ3) is 4.76. The van der Waals surface area contributed by atoms with Gasteiger partial charge in [-0.25, -0.2) is 0 Å². The molecule has 0 bridgehead atoms. The van der Waals surface area contributed by atoms with Gasteiger partial charge in [0.15, 0.2) is 6.61 Å². The summed E-state index contributed by atoms with van der Waals surface area (Å²) in [5.41, 5.74) is 0. The van der Waals surface area contributed by atoms with Crippen LogP contribution < -0.4 is 10.1 Å². The minimum atomic E-state index is -0.133. The van der Waals surface area contributed by atoms with Crippen LogP contribution in [0.2, 0.25) is 0 Å². The summed E-state index contributed by atoms with van der Waals surface area (Å²) in [6.07, 6.45) is 3.32. The molecule has 1 aliphatic rings. The van der Waals surface area contributed by atoms with Gasteiger partial charge in [0.05, 0.1) is 0 Å². The molecule has 1 aromatic carbocycles. The summed E-state index contributed by atoms with van der Waals surface area (Å²) in [5.74, 6) is 0.795. The summed E-state index contributed by atoms with van der Waals surface area (Å²) in [6.45, 7) is 3.52. The van der Waals surface area contributed by atoms with Crippen LogP contribution in [-0.4, -0.2) is 42.5 Å². The first-order valence-corrected chi connectivity index (χ1v) is 7.94. The largest absolute Gasteiger partial charge is 0.484 e. The van der Waals surface area contributed by atoms with Crippen LogP contribution >= 0.6 is 0 Å². The van der Waals surface area contributed by atoms with Gasteiger partial charge in [-0.1, -0.05) is 25.1 Å². The lowest BCUT2D eigenvalue weighted by Gasteiger charge is -2.26. The number of hydrogen-bond donors (Lipinski definition) is 1. The van der Waals surface area contributed by atoms with E-state index in [-0.39, 0.29) is 24.5 Å². The Balaban J connectivity index is 1.66. The Morgan fingerprint density at radius 3 is 2.77 bits per heavy atom. The molecule has 5 heteroatoms. The lowest BCUT2D eigenvalue weighted by molar-refractivity contribution is -0.129. The quantitative estimate of drug-likeness (QED) is 0.799. The number of amides is 2. The van der Waals surface area contributed by atoms with Crippen molar-refractivity contribution in [2.45, 2.75) is 38.6 Å². The first kappa shape index (κ1) is 16.3. The number of nitrogens with zero attached hydrogens (tertiary/aromatic N) is 1. The molecule has 1 N–H and O–H groups in total. The average Bonchev–Trinajstić information content (AvgIpc) is 2.96. The smallest absolute Gasteiger partial charge is 0.257 e. The molecule has 2 rings (SSSR count). The van der Waals surface area contributed by atoms with Gasteiger partial charge in [-0.05, 0) is 31.4 Å². The lowest BCUT2D eigenvalue weighted by atomic mass is 10.1. The minimum absolute atomic E-state index is 0.0173. The van der Waals surface area contributed by atoms with Crippen LogP contribution in [0.5, 0.6) is 5.75 Å². The maximum atomic E-state index is 11.8. The number of hydrogen-bond acceptors (Lipinski definition) is 3. The van der Waals surface area contributed by atoms with E-state index < -0.39 is 0 Å². The topological polar surface area (TPSA) is 58.6 Å². The molecule has 1 aromatic rings. The van der Waals surface area contributed by atoms with Crippen LogP contribution in [0.25, 0.3) is 0 Å². The fraction of sp³-hybridized carbons (Fsp3) is 0.529. The van der Waals surface area contributed by atoms with E-state index >= 15 is 0 Å². The van der Waals surface area contributed by atoms with Crippen molar-refractivity contribution in [3.8, 4) is 5.75 Å². The Morgan fingerprint density at radius 1 is 1.36 bits per heavy atom. The summed E-state index contributed by atoms with van der Waals surface area (Å²) >= 11 is 0. The zero-order chi connectivity index (χ0) is 15.8. The van der Waals surface area contributed by atoms with Gasteiger partial charge in [-0.15, -0.1) is 0 Å². The normalized spacial score (nSPS) is 15.7. The molecule has 22 heavy (non-hydrogen) atoms. The highest BCUT2D eigenvalue weighted by Crippen LogP contribution is 2.17. The van der Waals surface area contributed by atoms with E-state index in [2.05, 4.69) is 12.2 Å². The molecule has 0 unspecified atom stereocenters. The summed E-state index contributed by atoms with van der Waals surface area (Å²) < 4.78 is 5.39. The van der Waals surface area contributed by atoms with Crippen LogP contribution in [0.4, 0.5) is 0 Å². The fourth-order valence-corrected chi connectivity index (χ4v) is 2.73. The molecule has 1 heterocycles. The second-order valence-electron chi connectivity index (χ2n) is 5.49. The molecule has 1 fully saturated rings. The number of nitrogens with one attached hydrogen (secondary N) is 1. The second kappa shape index (κ2) is 8.41. The van der Waals surface area contributed by atoms with Gasteiger partial charge in [-0.2, -0.15) is 0 Å². The summed E-state index contributed by atoms with van der Waals surface area (Å²) in [6, 6.07) is 9.50. The van der Waals surface area contributed by atoms with Crippen LogP contribution in [0.3, 0.4) is 0 Å². The van der Waals surface area contributed by atoms with Crippen molar-refractivity contribution in [2.24, 2.45) is 0 Å². The van der Waals surface area contributed by atoms with Crippen molar-refractivity contribution < 1.29 is 14.3 Å². The predicted octanol–water partition coefficient (Wildman–Crippen LogP) is 1.97. The van der Waals surface area contributed by atoms with Gasteiger partial charge < -0.3 is 15.0 Å². The standard InChI is InChI=1S/C17H24N2O3/c1-2-14(19-12-6-9-17(19)21)10-11-18-16(20)13-22-15-7-4-3-5-8-15/h3-5,7-8,14H,2,6,9-13H2,1H3,(H,18,20)/t14-/m1/s1. The minimum Gasteiger partial charge on any atom is -0.484 e. The van der Waals surface area contributed by atoms with Gasteiger partial charge in [0.1, 0.15) is 5.75 Å². The van der Waals surface area contributed by atoms with E-state index in [1.807, 2.05) is 35.2 Å². The highest BCUT2D eigenvalue weighted by atomic mass is 16.5. The number of benzene rings is 1. The number of rotatable bonds is 8. The molecule has 5 nitrogen and oxygen atoms in total. The van der Waals surface area contributed by atoms with Crippen molar-refractivity contribution in [1.29, 1.82) is 0 Å². The first-order valence-electron chi connectivity index (χ1n) is 7.94. The second-order valence-corrected chi connectivity index (χ2v) is 5.49. The highest BCUT2D eigenvalue weighted by Gasteiger charge is 2.26. The Morgan fingerprint density at radius 2 is 2.14 bits per heavy atom. The van der Waals surface area contributed by atoms with Crippen molar-refractivity contribution in [2.75, 3.05) is 19.7 Å². The van der Waals surface area contributed by atoms with Crippen LogP contribution in [0.1, 0.15) is 32.6 Å². The highest BCUT2D eigenvalue weighted by molar-refractivity contribution is 5.78. The summed E-state index contributed by atoms with van der Waals surface area (Å²) in [4.78, 5) is 25.5. The number of para-hydroxylation sites is 1. The van der Waals surface area contributed by atoms with E-state index in [1.54, 1.807) is 0 Å². The van der Waals surface area contributed by atoms with Gasteiger partial charge in [0.25, 0.3) is 5.91 Å². The first-order chi connectivity index (χ1) is 10.7. The monoisotopic (exact) mass is 304 g/mol. The number of carbonyl (C=O) groups is 2. The lowest BCUT2D eigenvalue weighted by Crippen LogP contribution is -2.39. The number of likely N-dealkylation sites (tertiary alicyclic amines) is 1. The van der Waals surface area contributed by atoms with E-state index in [9.17, 15) is 9.59 Å². The van der Waals surface area contributed by atoms with Crippen molar-refractivity contribution in [1.82, 2.24) is 10.2 Å². The van der Waals surface area contributed by atoms with Crippen molar-refractivity contribution in [3.05, 3.63) is 30.3 Å². The third-order valence-corrected chi connectivity index (χ3v) is 3.93. The van der Waals surface area contributed by atoms with Gasteiger partial charge >= 0.3 is 0 Å². The molecule has 1 saturated heterocycles. The zero-order valence-electron chi connectivity index (χ0n) is 13.1. The maximum absolute atomic E-state index is 11.8. The molecule has 2 amide bonds. The maximum Gasteiger partial charge on any atom is 0.257 e. The van der Waals surface area contributed by atoms with Gasteiger partial charge in [0.2, 0.25) is 5.91 Å². The number of ether oxygens (including phenoxy) is 1. The molecule has 0 radical (unpaired) electrons. The van der Waals surface area contributed by atoms with E-state index in [0.29, 0.717) is 18.7 Å². The Labute approximate surface area is 131 Å². The van der Waals surface area contributed by atoms with E-state index in [4.69, 9.17) is 4.74 Å². The van der Waals surface area contributed by atoms with Crippen LogP contribution in [0.15, 0.2) is 30.3 Å². The van der Waals surface area contributed by atoms with E-state index in [0.717, 1.165) is 25.8 Å². The average molecular weight is 304 g/mol. The third-order valence-electron chi connectivity index (χ3n) is 3.93. The van der Waals surface area contributed by atoms with Gasteiger partial charge in [0, 0.05) is 25.6 Å². The molecule has 1 aliphatic heterocycles. The Kier molecular flexibility index (Phi) is 6.25. The summed E-state index contributed by atoms with van der Waals surface area (Å²) in [7, 11) is 0. The van der Waals surface area contributed by atoms with Crippen LogP contribution in [0, 0.1) is 0 Å². The molecular weight excluding hydrogens is 280 g/mol. The summed E-state index contributed by atoms with van der Waals surface area (Å²) in [5, 5.41) is 2.85. The molecule has 0 spiro atoms. The van der Waals surface area contributed by atoms with E-state index in [1.165, 1.54) is 0 Å². The molecular formula is C17H24N2O3. The fourth-order valence-electron chi connectivity index (χ4n) is 2.73. The molecule has 120 valence electrons. The van der Waals surface area contributed by atoms with Crippen LogP contribution in [-0.2, 0) is 9.59 Å². The Hall–Kier alpha value is -2.04. The predicted molar refractivity (Wildman–Crippen MR) is 84.6 cm³/mol. The van der Waals surface area contributed by atoms with Gasteiger partial charge in [-0.3, -0.25) is 9.59 Å². The number of carbonyl (C=O) groups excluding carboxylic acids is 2. The molecule has 0 saturated carbocycles.